The summed E-state index contributed by atoms with van der Waals surface area (Å²) in [6, 6.07) is 6.47. The van der Waals surface area contributed by atoms with Crippen LogP contribution in [0.4, 0.5) is 10.5 Å². The zero-order chi connectivity index (χ0) is 15.4. The topological polar surface area (TPSA) is 91.3 Å². The number of anilines is 1. The van der Waals surface area contributed by atoms with Crippen LogP contribution in [-0.2, 0) is 0 Å². The van der Waals surface area contributed by atoms with E-state index < -0.39 is 5.97 Å². The maximum Gasteiger partial charge on any atom is 0.355 e. The van der Waals surface area contributed by atoms with Crippen LogP contribution in [0.25, 0.3) is 0 Å². The Morgan fingerprint density at radius 2 is 2.10 bits per heavy atom. The molecule has 2 amide bonds. The minimum atomic E-state index is -1.08. The average Bonchev–Trinajstić information content (AvgIpc) is 2.91. The van der Waals surface area contributed by atoms with Gasteiger partial charge in [0.25, 0.3) is 0 Å². The lowest BCUT2D eigenvalue weighted by Crippen LogP contribution is -2.31. The van der Waals surface area contributed by atoms with E-state index in [1.54, 1.807) is 13.0 Å². The quantitative estimate of drug-likeness (QED) is 0.768. The summed E-state index contributed by atoms with van der Waals surface area (Å²) >= 11 is 4.53. The highest BCUT2D eigenvalue weighted by Crippen LogP contribution is 2.22. The first-order chi connectivity index (χ1) is 9.97. The molecule has 110 valence electrons. The number of aromatic carboxylic acids is 1. The molecule has 0 saturated heterocycles. The highest BCUT2D eigenvalue weighted by atomic mass is 79.9. The summed E-state index contributed by atoms with van der Waals surface area (Å²) in [6.07, 6.45) is 0. The van der Waals surface area contributed by atoms with Gasteiger partial charge in [-0.3, -0.25) is 0 Å². The fraction of sp³-hybridized carbons (Fsp3) is 0.154. The molecular formula is C13H12BrN3O3S. The Labute approximate surface area is 133 Å². The van der Waals surface area contributed by atoms with Gasteiger partial charge in [0.1, 0.15) is 5.01 Å². The lowest BCUT2D eigenvalue weighted by Gasteiger charge is -2.13. The zero-order valence-electron chi connectivity index (χ0n) is 11.0. The van der Waals surface area contributed by atoms with E-state index >= 15 is 0 Å². The summed E-state index contributed by atoms with van der Waals surface area (Å²) in [7, 11) is 0. The van der Waals surface area contributed by atoms with Crippen molar-refractivity contribution >= 4 is 45.0 Å². The Balaban J connectivity index is 1.98. The van der Waals surface area contributed by atoms with Gasteiger partial charge < -0.3 is 15.7 Å². The van der Waals surface area contributed by atoms with Crippen molar-refractivity contribution in [2.45, 2.75) is 13.0 Å². The SMILES string of the molecule is CC(NC(=O)Nc1ccccc1Br)c1nc(C(=O)O)cs1. The molecule has 1 heterocycles. The standard InChI is InChI=1S/C13H12BrN3O3S/c1-7(11-16-10(6-21-11)12(18)19)15-13(20)17-9-5-3-2-4-8(9)14/h2-7H,1H3,(H,18,19)(H2,15,17,20). The number of carbonyl (C=O) groups is 2. The van der Waals surface area contributed by atoms with E-state index in [0.29, 0.717) is 10.7 Å². The average molecular weight is 370 g/mol. The first kappa shape index (κ1) is 15.5. The van der Waals surface area contributed by atoms with Crippen LogP contribution >= 0.6 is 27.3 Å². The number of carboxylic acids is 1. The maximum absolute atomic E-state index is 11.9. The molecule has 0 fully saturated rings. The lowest BCUT2D eigenvalue weighted by molar-refractivity contribution is 0.0691. The number of halogens is 1. The Morgan fingerprint density at radius 1 is 1.38 bits per heavy atom. The number of aromatic nitrogens is 1. The Morgan fingerprint density at radius 3 is 2.71 bits per heavy atom. The minimum absolute atomic E-state index is 0.0186. The van der Waals surface area contributed by atoms with Gasteiger partial charge in [0.2, 0.25) is 0 Å². The molecule has 1 aromatic carbocycles. The fourth-order valence-corrected chi connectivity index (χ4v) is 2.75. The van der Waals surface area contributed by atoms with E-state index in [4.69, 9.17) is 5.11 Å². The van der Waals surface area contributed by atoms with Gasteiger partial charge in [0.05, 0.1) is 11.7 Å². The molecule has 0 aliphatic heterocycles. The third-order valence-electron chi connectivity index (χ3n) is 2.58. The first-order valence-electron chi connectivity index (χ1n) is 5.98. The van der Waals surface area contributed by atoms with Gasteiger partial charge in [0, 0.05) is 9.85 Å². The first-order valence-corrected chi connectivity index (χ1v) is 7.65. The van der Waals surface area contributed by atoms with E-state index in [1.807, 2.05) is 18.2 Å². The number of amides is 2. The maximum atomic E-state index is 11.9. The summed E-state index contributed by atoms with van der Waals surface area (Å²) in [5, 5.41) is 16.2. The molecule has 21 heavy (non-hydrogen) atoms. The Kier molecular flexibility index (Phi) is 4.92. The molecule has 2 aromatic rings. The molecule has 3 N–H and O–H groups in total. The summed E-state index contributed by atoms with van der Waals surface area (Å²) in [5.74, 6) is -1.08. The van der Waals surface area contributed by atoms with Crippen molar-refractivity contribution in [3.63, 3.8) is 0 Å². The number of urea groups is 1. The molecule has 0 radical (unpaired) electrons. The molecule has 1 atom stereocenters. The van der Waals surface area contributed by atoms with Crippen LogP contribution in [0.2, 0.25) is 0 Å². The molecule has 0 spiro atoms. The third-order valence-corrected chi connectivity index (χ3v) is 4.30. The van der Waals surface area contributed by atoms with Gasteiger partial charge in [-0.1, -0.05) is 12.1 Å². The molecular weight excluding hydrogens is 358 g/mol. The van der Waals surface area contributed by atoms with E-state index in [0.717, 1.165) is 4.47 Å². The molecule has 0 saturated carbocycles. The largest absolute Gasteiger partial charge is 0.476 e. The lowest BCUT2D eigenvalue weighted by atomic mass is 10.3. The molecule has 1 unspecified atom stereocenters. The van der Waals surface area contributed by atoms with E-state index in [-0.39, 0.29) is 17.8 Å². The van der Waals surface area contributed by atoms with Gasteiger partial charge in [0.15, 0.2) is 5.69 Å². The minimum Gasteiger partial charge on any atom is -0.476 e. The van der Waals surface area contributed by atoms with Crippen LogP contribution in [0.5, 0.6) is 0 Å². The number of benzene rings is 1. The third kappa shape index (κ3) is 4.02. The van der Waals surface area contributed by atoms with E-state index in [1.165, 1.54) is 16.7 Å². The number of thiazole rings is 1. The monoisotopic (exact) mass is 369 g/mol. The molecule has 0 aliphatic carbocycles. The van der Waals surface area contributed by atoms with Gasteiger partial charge in [-0.15, -0.1) is 11.3 Å². The highest BCUT2D eigenvalue weighted by molar-refractivity contribution is 9.10. The second-order valence-electron chi connectivity index (χ2n) is 4.18. The number of nitrogens with one attached hydrogen (secondary N) is 2. The summed E-state index contributed by atoms with van der Waals surface area (Å²) in [4.78, 5) is 26.6. The predicted molar refractivity (Wildman–Crippen MR) is 83.8 cm³/mol. The number of carboxylic acid groups (broad SMARTS) is 1. The van der Waals surface area contributed by atoms with Crippen molar-refractivity contribution in [1.82, 2.24) is 10.3 Å². The van der Waals surface area contributed by atoms with Gasteiger partial charge in [-0.05, 0) is 35.0 Å². The summed E-state index contributed by atoms with van der Waals surface area (Å²) < 4.78 is 0.773. The van der Waals surface area contributed by atoms with Crippen LogP contribution in [0.1, 0.15) is 28.5 Å². The summed E-state index contributed by atoms with van der Waals surface area (Å²) in [6.45, 7) is 1.74. The molecule has 0 bridgehead atoms. The van der Waals surface area contributed by atoms with Crippen molar-refractivity contribution in [3.8, 4) is 0 Å². The van der Waals surface area contributed by atoms with Crippen LogP contribution < -0.4 is 10.6 Å². The van der Waals surface area contributed by atoms with E-state index in [9.17, 15) is 9.59 Å². The molecule has 8 heteroatoms. The van der Waals surface area contributed by atoms with Crippen molar-refractivity contribution < 1.29 is 14.7 Å². The van der Waals surface area contributed by atoms with Crippen LogP contribution in [0.3, 0.4) is 0 Å². The normalized spacial score (nSPS) is 11.7. The van der Waals surface area contributed by atoms with Gasteiger partial charge >= 0.3 is 12.0 Å². The smallest absolute Gasteiger partial charge is 0.355 e. The van der Waals surface area contributed by atoms with Gasteiger partial charge in [-0.2, -0.15) is 0 Å². The number of hydrogen-bond donors (Lipinski definition) is 3. The van der Waals surface area contributed by atoms with Crippen molar-refractivity contribution in [3.05, 3.63) is 44.8 Å². The van der Waals surface area contributed by atoms with Crippen molar-refractivity contribution in [2.75, 3.05) is 5.32 Å². The molecule has 6 nitrogen and oxygen atoms in total. The van der Waals surface area contributed by atoms with Crippen molar-refractivity contribution in [1.29, 1.82) is 0 Å². The number of hydrogen-bond acceptors (Lipinski definition) is 4. The molecule has 1 aromatic heterocycles. The Bertz CT molecular complexity index is 674. The van der Waals surface area contributed by atoms with Crippen molar-refractivity contribution in [2.24, 2.45) is 0 Å². The summed E-state index contributed by atoms with van der Waals surface area (Å²) in [5.41, 5.74) is 0.627. The number of nitrogens with zero attached hydrogens (tertiary/aromatic N) is 1. The van der Waals surface area contributed by atoms with E-state index in [2.05, 4.69) is 31.5 Å². The molecule has 0 aliphatic rings. The fourth-order valence-electron chi connectivity index (χ4n) is 1.56. The van der Waals surface area contributed by atoms with Crippen LogP contribution in [-0.4, -0.2) is 22.1 Å². The zero-order valence-corrected chi connectivity index (χ0v) is 13.4. The van der Waals surface area contributed by atoms with Crippen LogP contribution in [0, 0.1) is 0 Å². The number of carbonyl (C=O) groups excluding carboxylic acids is 1. The number of rotatable bonds is 4. The second-order valence-corrected chi connectivity index (χ2v) is 5.92. The highest BCUT2D eigenvalue weighted by Gasteiger charge is 2.16. The Hall–Kier alpha value is -1.93. The van der Waals surface area contributed by atoms with Crippen LogP contribution in [0.15, 0.2) is 34.1 Å². The molecule has 2 rings (SSSR count). The second kappa shape index (κ2) is 6.68. The number of para-hydroxylation sites is 1. The van der Waals surface area contributed by atoms with Gasteiger partial charge in [-0.25, -0.2) is 14.6 Å². The predicted octanol–water partition coefficient (Wildman–Crippen LogP) is 3.49.